The number of para-hydroxylation sites is 1. The number of nitrogens with zero attached hydrogens (tertiary/aromatic N) is 1. The average molecular weight is 398 g/mol. The lowest BCUT2D eigenvalue weighted by molar-refractivity contribution is -0.130. The molecule has 1 aliphatic carbocycles. The van der Waals surface area contributed by atoms with Gasteiger partial charge in [-0.25, -0.2) is 4.79 Å². The lowest BCUT2D eigenvalue weighted by Crippen LogP contribution is -2.52. The third kappa shape index (κ3) is 4.60. The van der Waals surface area contributed by atoms with Crippen LogP contribution < -0.4 is 5.32 Å². The first-order valence-electron chi connectivity index (χ1n) is 10.0. The fourth-order valence-electron chi connectivity index (χ4n) is 3.64. The highest BCUT2D eigenvalue weighted by Gasteiger charge is 2.36. The molecule has 1 amide bonds. The summed E-state index contributed by atoms with van der Waals surface area (Å²) in [4.78, 5) is 25.3. The van der Waals surface area contributed by atoms with Crippen molar-refractivity contribution in [2.75, 3.05) is 6.61 Å². The summed E-state index contributed by atoms with van der Waals surface area (Å²) in [6.07, 6.45) is 3.00. The van der Waals surface area contributed by atoms with E-state index in [0.29, 0.717) is 30.6 Å². The molecule has 1 heterocycles. The minimum atomic E-state index is -1.05. The zero-order valence-electron chi connectivity index (χ0n) is 16.8. The van der Waals surface area contributed by atoms with Crippen LogP contribution in [0, 0.1) is 11.3 Å². The number of nitriles is 1. The van der Waals surface area contributed by atoms with Gasteiger partial charge >= 0.3 is 5.97 Å². The molecule has 154 valence electrons. The van der Waals surface area contributed by atoms with E-state index < -0.39 is 23.5 Å². The van der Waals surface area contributed by atoms with Crippen molar-refractivity contribution in [1.82, 2.24) is 5.32 Å². The lowest BCUT2D eigenvalue weighted by Gasteiger charge is -2.32. The SMILES string of the molecule is CCOCc1c(C(=O)OC(C)C(=O)NC2(C#N)CCCCC2)oc2ccccc12. The molecule has 1 fully saturated rings. The van der Waals surface area contributed by atoms with Crippen LogP contribution in [0.15, 0.2) is 28.7 Å². The van der Waals surface area contributed by atoms with Crippen molar-refractivity contribution < 1.29 is 23.5 Å². The second-order valence-corrected chi connectivity index (χ2v) is 7.33. The molecule has 0 saturated heterocycles. The Labute approximate surface area is 170 Å². The Balaban J connectivity index is 1.74. The average Bonchev–Trinajstić information content (AvgIpc) is 3.11. The number of rotatable bonds is 7. The molecule has 1 aromatic heterocycles. The highest BCUT2D eigenvalue weighted by atomic mass is 16.6. The number of benzene rings is 1. The first kappa shape index (κ1) is 20.9. The Kier molecular flexibility index (Phi) is 6.55. The molecule has 0 aliphatic heterocycles. The number of furan rings is 1. The van der Waals surface area contributed by atoms with Crippen LogP contribution in [0.1, 0.15) is 62.1 Å². The number of hydrogen-bond acceptors (Lipinski definition) is 6. The smallest absolute Gasteiger partial charge is 0.375 e. The summed E-state index contributed by atoms with van der Waals surface area (Å²) in [6.45, 7) is 4.05. The van der Waals surface area contributed by atoms with Gasteiger partial charge in [-0.2, -0.15) is 5.26 Å². The molecule has 1 aromatic carbocycles. The second kappa shape index (κ2) is 9.10. The number of fused-ring (bicyclic) bond motifs is 1. The Hall–Kier alpha value is -2.85. The van der Waals surface area contributed by atoms with Crippen LogP contribution in [-0.4, -0.2) is 30.1 Å². The van der Waals surface area contributed by atoms with Crippen LogP contribution in [0.4, 0.5) is 0 Å². The first-order chi connectivity index (χ1) is 14.0. The van der Waals surface area contributed by atoms with E-state index in [-0.39, 0.29) is 12.4 Å². The van der Waals surface area contributed by atoms with Gasteiger partial charge in [0, 0.05) is 17.6 Å². The van der Waals surface area contributed by atoms with Crippen LogP contribution in [0.2, 0.25) is 0 Å². The highest BCUT2D eigenvalue weighted by Crippen LogP contribution is 2.29. The van der Waals surface area contributed by atoms with Gasteiger partial charge in [-0.15, -0.1) is 0 Å². The second-order valence-electron chi connectivity index (χ2n) is 7.33. The molecule has 0 radical (unpaired) electrons. The maximum Gasteiger partial charge on any atom is 0.375 e. The quantitative estimate of drug-likeness (QED) is 0.711. The summed E-state index contributed by atoms with van der Waals surface area (Å²) in [5.74, 6) is -1.18. The van der Waals surface area contributed by atoms with Crippen molar-refractivity contribution in [3.05, 3.63) is 35.6 Å². The van der Waals surface area contributed by atoms with Gasteiger partial charge in [0.15, 0.2) is 6.10 Å². The van der Waals surface area contributed by atoms with Gasteiger partial charge in [0.05, 0.1) is 12.7 Å². The molecule has 29 heavy (non-hydrogen) atoms. The molecular weight excluding hydrogens is 372 g/mol. The molecule has 1 aliphatic rings. The summed E-state index contributed by atoms with van der Waals surface area (Å²) >= 11 is 0. The Morgan fingerprint density at radius 2 is 2.00 bits per heavy atom. The number of carbonyl (C=O) groups is 2. The Morgan fingerprint density at radius 3 is 2.69 bits per heavy atom. The van der Waals surface area contributed by atoms with Crippen molar-refractivity contribution >= 4 is 22.8 Å². The maximum absolute atomic E-state index is 12.7. The maximum atomic E-state index is 12.7. The Bertz CT molecular complexity index is 921. The minimum Gasteiger partial charge on any atom is -0.449 e. The minimum absolute atomic E-state index is 0.0342. The van der Waals surface area contributed by atoms with E-state index in [1.165, 1.54) is 6.92 Å². The number of amides is 1. The van der Waals surface area contributed by atoms with Gasteiger partial charge in [-0.05, 0) is 32.8 Å². The predicted octanol–water partition coefficient (Wildman–Crippen LogP) is 3.86. The summed E-state index contributed by atoms with van der Waals surface area (Å²) in [5, 5.41) is 13.1. The fourth-order valence-corrected chi connectivity index (χ4v) is 3.64. The van der Waals surface area contributed by atoms with E-state index in [0.717, 1.165) is 24.6 Å². The largest absolute Gasteiger partial charge is 0.449 e. The molecule has 1 N–H and O–H groups in total. The van der Waals surface area contributed by atoms with Crippen molar-refractivity contribution in [3.8, 4) is 6.07 Å². The van der Waals surface area contributed by atoms with Gasteiger partial charge in [0.2, 0.25) is 5.76 Å². The lowest BCUT2D eigenvalue weighted by atomic mass is 9.83. The molecule has 1 atom stereocenters. The van der Waals surface area contributed by atoms with Gasteiger partial charge in [0.25, 0.3) is 5.91 Å². The Morgan fingerprint density at radius 1 is 1.28 bits per heavy atom. The summed E-state index contributed by atoms with van der Waals surface area (Å²) in [6, 6.07) is 9.50. The van der Waals surface area contributed by atoms with Crippen LogP contribution in [-0.2, 0) is 20.9 Å². The van der Waals surface area contributed by atoms with Crippen molar-refractivity contribution in [2.24, 2.45) is 0 Å². The normalized spacial score (nSPS) is 16.7. The van der Waals surface area contributed by atoms with Gasteiger partial charge < -0.3 is 19.2 Å². The van der Waals surface area contributed by atoms with E-state index in [1.807, 2.05) is 25.1 Å². The van der Waals surface area contributed by atoms with E-state index in [9.17, 15) is 14.9 Å². The van der Waals surface area contributed by atoms with Gasteiger partial charge in [-0.1, -0.05) is 37.5 Å². The third-order valence-electron chi connectivity index (χ3n) is 5.27. The van der Waals surface area contributed by atoms with Crippen LogP contribution in [0.5, 0.6) is 0 Å². The number of carbonyl (C=O) groups excluding carboxylic acids is 2. The van der Waals surface area contributed by atoms with E-state index >= 15 is 0 Å². The number of ether oxygens (including phenoxy) is 2. The molecule has 1 saturated carbocycles. The zero-order chi connectivity index (χ0) is 20.9. The topological polar surface area (TPSA) is 102 Å². The first-order valence-corrected chi connectivity index (χ1v) is 10.0. The van der Waals surface area contributed by atoms with E-state index in [2.05, 4.69) is 11.4 Å². The highest BCUT2D eigenvalue weighted by molar-refractivity contribution is 5.97. The van der Waals surface area contributed by atoms with Crippen molar-refractivity contribution in [3.63, 3.8) is 0 Å². The monoisotopic (exact) mass is 398 g/mol. The number of nitrogens with one attached hydrogen (secondary N) is 1. The standard InChI is InChI=1S/C22H26N2O5/c1-3-27-13-17-16-9-5-6-10-18(16)29-19(17)21(26)28-15(2)20(25)24-22(14-23)11-7-4-8-12-22/h5-6,9-10,15H,3-4,7-8,11-13H2,1-2H3,(H,24,25). The molecule has 3 rings (SSSR count). The number of hydrogen-bond donors (Lipinski definition) is 1. The fraction of sp³-hybridized carbons (Fsp3) is 0.500. The molecule has 1 unspecified atom stereocenters. The molecule has 7 nitrogen and oxygen atoms in total. The van der Waals surface area contributed by atoms with Crippen LogP contribution in [0.25, 0.3) is 11.0 Å². The molecule has 2 aromatic rings. The molecule has 0 spiro atoms. The summed E-state index contributed by atoms with van der Waals surface area (Å²) < 4.78 is 16.5. The van der Waals surface area contributed by atoms with Crippen LogP contribution >= 0.6 is 0 Å². The number of esters is 1. The van der Waals surface area contributed by atoms with E-state index in [1.54, 1.807) is 6.07 Å². The van der Waals surface area contributed by atoms with Crippen molar-refractivity contribution in [1.29, 1.82) is 5.26 Å². The van der Waals surface area contributed by atoms with E-state index in [4.69, 9.17) is 13.9 Å². The van der Waals surface area contributed by atoms with Gasteiger partial charge in [0.1, 0.15) is 11.1 Å². The van der Waals surface area contributed by atoms with Gasteiger partial charge in [-0.3, -0.25) is 4.79 Å². The van der Waals surface area contributed by atoms with Crippen LogP contribution in [0.3, 0.4) is 0 Å². The zero-order valence-corrected chi connectivity index (χ0v) is 16.8. The van der Waals surface area contributed by atoms with Crippen molar-refractivity contribution in [2.45, 2.75) is 64.2 Å². The summed E-state index contributed by atoms with van der Waals surface area (Å²) in [5.41, 5.74) is 0.271. The summed E-state index contributed by atoms with van der Waals surface area (Å²) in [7, 11) is 0. The predicted molar refractivity (Wildman–Crippen MR) is 106 cm³/mol. The molecular formula is C22H26N2O5. The third-order valence-corrected chi connectivity index (χ3v) is 5.27. The molecule has 7 heteroatoms. The molecule has 0 bridgehead atoms.